The van der Waals surface area contributed by atoms with E-state index in [9.17, 15) is 17.6 Å². The molecule has 1 aliphatic heterocycles. The van der Waals surface area contributed by atoms with Crippen LogP contribution in [-0.2, 0) is 10.0 Å². The molecule has 1 aromatic heterocycles. The SMILES string of the molecule is CN1CCN(S(=O)(=O)c2ccc(NC(=O)c3ccc(-c4ccc(F)cc4)s3)cc2)CC1. The first kappa shape index (κ1) is 21.6. The Balaban J connectivity index is 1.43. The minimum Gasteiger partial charge on any atom is -0.321 e. The molecule has 2 heterocycles. The number of carbonyl (C=O) groups excluding carboxylic acids is 1. The molecule has 31 heavy (non-hydrogen) atoms. The number of benzene rings is 2. The third kappa shape index (κ3) is 4.85. The summed E-state index contributed by atoms with van der Waals surface area (Å²) >= 11 is 1.30. The number of hydrogen-bond donors (Lipinski definition) is 1. The Kier molecular flexibility index (Phi) is 6.19. The number of nitrogens with zero attached hydrogens (tertiary/aromatic N) is 2. The Bertz CT molecular complexity index is 1170. The molecule has 0 atom stereocenters. The summed E-state index contributed by atoms with van der Waals surface area (Å²) in [6, 6.07) is 15.8. The number of hydrogen-bond acceptors (Lipinski definition) is 5. The second-order valence-electron chi connectivity index (χ2n) is 7.36. The van der Waals surface area contributed by atoms with Crippen LogP contribution in [0.1, 0.15) is 9.67 Å². The van der Waals surface area contributed by atoms with Crippen LogP contribution in [0.4, 0.5) is 10.1 Å². The molecule has 2 aromatic carbocycles. The third-order valence-corrected chi connectivity index (χ3v) is 8.22. The summed E-state index contributed by atoms with van der Waals surface area (Å²) in [5.41, 5.74) is 1.35. The first-order chi connectivity index (χ1) is 14.8. The lowest BCUT2D eigenvalue weighted by Crippen LogP contribution is -2.46. The Hall–Kier alpha value is -2.59. The zero-order chi connectivity index (χ0) is 22.0. The maximum Gasteiger partial charge on any atom is 0.265 e. The van der Waals surface area contributed by atoms with Crippen molar-refractivity contribution < 1.29 is 17.6 Å². The van der Waals surface area contributed by atoms with Crippen molar-refractivity contribution in [2.24, 2.45) is 0 Å². The van der Waals surface area contributed by atoms with Crippen molar-refractivity contribution in [3.05, 3.63) is 71.4 Å². The molecule has 4 rings (SSSR count). The summed E-state index contributed by atoms with van der Waals surface area (Å²) < 4.78 is 40.2. The number of carbonyl (C=O) groups is 1. The highest BCUT2D eigenvalue weighted by molar-refractivity contribution is 7.89. The number of anilines is 1. The molecule has 3 aromatic rings. The van der Waals surface area contributed by atoms with E-state index < -0.39 is 10.0 Å². The molecular weight excluding hydrogens is 437 g/mol. The number of amides is 1. The van der Waals surface area contributed by atoms with Crippen molar-refractivity contribution in [2.75, 3.05) is 38.5 Å². The molecule has 1 amide bonds. The minimum absolute atomic E-state index is 0.213. The largest absolute Gasteiger partial charge is 0.321 e. The van der Waals surface area contributed by atoms with Crippen molar-refractivity contribution in [3.63, 3.8) is 0 Å². The van der Waals surface area contributed by atoms with Gasteiger partial charge in [0, 0.05) is 36.7 Å². The fourth-order valence-electron chi connectivity index (χ4n) is 3.31. The zero-order valence-electron chi connectivity index (χ0n) is 16.9. The van der Waals surface area contributed by atoms with Gasteiger partial charge in [-0.05, 0) is 61.1 Å². The molecular formula is C22H22FN3O3S2. The molecule has 0 aliphatic carbocycles. The number of sulfonamides is 1. The summed E-state index contributed by atoms with van der Waals surface area (Å²) in [6.07, 6.45) is 0. The smallest absolute Gasteiger partial charge is 0.265 e. The van der Waals surface area contributed by atoms with Gasteiger partial charge in [0.2, 0.25) is 10.0 Å². The van der Waals surface area contributed by atoms with E-state index in [-0.39, 0.29) is 16.6 Å². The van der Waals surface area contributed by atoms with Gasteiger partial charge in [0.15, 0.2) is 0 Å². The highest BCUT2D eigenvalue weighted by Gasteiger charge is 2.27. The monoisotopic (exact) mass is 459 g/mol. The average Bonchev–Trinajstić information content (AvgIpc) is 3.25. The number of thiophene rings is 1. The standard InChI is InChI=1S/C22H22FN3O3S2/c1-25-12-14-26(15-13-25)31(28,29)19-8-6-18(7-9-19)24-22(27)21-11-10-20(30-21)16-2-4-17(23)5-3-16/h2-11H,12-15H2,1H3,(H,24,27). The van der Waals surface area contributed by atoms with Gasteiger partial charge in [0.05, 0.1) is 9.77 Å². The van der Waals surface area contributed by atoms with Crippen LogP contribution in [0.5, 0.6) is 0 Å². The van der Waals surface area contributed by atoms with E-state index in [1.165, 1.54) is 39.9 Å². The predicted octanol–water partition coefficient (Wildman–Crippen LogP) is 3.74. The fourth-order valence-corrected chi connectivity index (χ4v) is 5.64. The lowest BCUT2D eigenvalue weighted by molar-refractivity contribution is 0.103. The highest BCUT2D eigenvalue weighted by atomic mass is 32.2. The third-order valence-electron chi connectivity index (χ3n) is 5.17. The molecule has 162 valence electrons. The maximum atomic E-state index is 13.1. The van der Waals surface area contributed by atoms with E-state index in [0.717, 1.165) is 10.4 Å². The summed E-state index contributed by atoms with van der Waals surface area (Å²) in [4.78, 5) is 16.3. The first-order valence-electron chi connectivity index (χ1n) is 9.79. The Morgan fingerprint density at radius 1 is 0.935 bits per heavy atom. The van der Waals surface area contributed by atoms with E-state index in [1.807, 2.05) is 13.1 Å². The number of piperazine rings is 1. The van der Waals surface area contributed by atoms with E-state index in [4.69, 9.17) is 0 Å². The van der Waals surface area contributed by atoms with Crippen molar-refractivity contribution in [2.45, 2.75) is 4.90 Å². The second kappa shape index (κ2) is 8.88. The number of nitrogens with one attached hydrogen (secondary N) is 1. The van der Waals surface area contributed by atoms with Gasteiger partial charge in [0.1, 0.15) is 5.82 Å². The quantitative estimate of drug-likeness (QED) is 0.631. The van der Waals surface area contributed by atoms with E-state index in [2.05, 4.69) is 10.2 Å². The van der Waals surface area contributed by atoms with Crippen LogP contribution in [0.3, 0.4) is 0 Å². The second-order valence-corrected chi connectivity index (χ2v) is 10.4. The molecule has 1 saturated heterocycles. The molecule has 0 bridgehead atoms. The predicted molar refractivity (Wildman–Crippen MR) is 120 cm³/mol. The van der Waals surface area contributed by atoms with E-state index in [1.54, 1.807) is 30.3 Å². The molecule has 0 saturated carbocycles. The molecule has 9 heteroatoms. The van der Waals surface area contributed by atoms with Crippen LogP contribution >= 0.6 is 11.3 Å². The lowest BCUT2D eigenvalue weighted by Gasteiger charge is -2.31. The van der Waals surface area contributed by atoms with Crippen LogP contribution in [0, 0.1) is 5.82 Å². The van der Waals surface area contributed by atoms with Crippen molar-refractivity contribution >= 4 is 33.0 Å². The maximum absolute atomic E-state index is 13.1. The molecule has 1 aliphatic rings. The van der Waals surface area contributed by atoms with E-state index >= 15 is 0 Å². The molecule has 0 radical (unpaired) electrons. The molecule has 0 spiro atoms. The molecule has 1 N–H and O–H groups in total. The zero-order valence-corrected chi connectivity index (χ0v) is 18.5. The Morgan fingerprint density at radius 2 is 1.58 bits per heavy atom. The fraction of sp³-hybridized carbons (Fsp3) is 0.227. The van der Waals surface area contributed by atoms with Crippen LogP contribution in [0.2, 0.25) is 0 Å². The minimum atomic E-state index is -3.54. The van der Waals surface area contributed by atoms with Gasteiger partial charge in [-0.3, -0.25) is 4.79 Å². The average molecular weight is 460 g/mol. The topological polar surface area (TPSA) is 69.7 Å². The first-order valence-corrected chi connectivity index (χ1v) is 12.0. The van der Waals surface area contributed by atoms with Gasteiger partial charge < -0.3 is 10.2 Å². The molecule has 0 unspecified atom stereocenters. The highest BCUT2D eigenvalue weighted by Crippen LogP contribution is 2.29. The van der Waals surface area contributed by atoms with Crippen molar-refractivity contribution in [1.82, 2.24) is 9.21 Å². The van der Waals surface area contributed by atoms with Gasteiger partial charge >= 0.3 is 0 Å². The number of rotatable bonds is 5. The van der Waals surface area contributed by atoms with Crippen LogP contribution in [0.15, 0.2) is 65.6 Å². The summed E-state index contributed by atoms with van der Waals surface area (Å²) in [6.45, 7) is 2.33. The van der Waals surface area contributed by atoms with Gasteiger partial charge in [0.25, 0.3) is 5.91 Å². The van der Waals surface area contributed by atoms with Gasteiger partial charge in [-0.2, -0.15) is 4.31 Å². The number of halogens is 1. The van der Waals surface area contributed by atoms with Crippen LogP contribution in [-0.4, -0.2) is 56.8 Å². The van der Waals surface area contributed by atoms with E-state index in [0.29, 0.717) is 36.7 Å². The van der Waals surface area contributed by atoms with Gasteiger partial charge in [-0.15, -0.1) is 11.3 Å². The number of likely N-dealkylation sites (N-methyl/N-ethyl adjacent to an activating group) is 1. The summed E-state index contributed by atoms with van der Waals surface area (Å²) in [7, 11) is -1.57. The van der Waals surface area contributed by atoms with Crippen molar-refractivity contribution in [1.29, 1.82) is 0 Å². The Morgan fingerprint density at radius 3 is 2.23 bits per heavy atom. The lowest BCUT2D eigenvalue weighted by atomic mass is 10.2. The van der Waals surface area contributed by atoms with Crippen LogP contribution < -0.4 is 5.32 Å². The Labute approximate surface area is 185 Å². The molecule has 6 nitrogen and oxygen atoms in total. The van der Waals surface area contributed by atoms with Gasteiger partial charge in [-0.25, -0.2) is 12.8 Å². The summed E-state index contributed by atoms with van der Waals surface area (Å²) in [5.74, 6) is -0.593. The molecule has 1 fully saturated rings. The van der Waals surface area contributed by atoms with Crippen LogP contribution in [0.25, 0.3) is 10.4 Å². The summed E-state index contributed by atoms with van der Waals surface area (Å²) in [5, 5.41) is 2.79. The van der Waals surface area contributed by atoms with Crippen molar-refractivity contribution in [3.8, 4) is 10.4 Å². The van der Waals surface area contributed by atoms with Gasteiger partial charge in [-0.1, -0.05) is 12.1 Å². The normalized spacial score (nSPS) is 15.7.